The Bertz CT molecular complexity index is 559. The van der Waals surface area contributed by atoms with Crippen LogP contribution in [0.2, 0.25) is 5.15 Å². The second kappa shape index (κ2) is 5.85. The first-order valence-electron chi connectivity index (χ1n) is 5.32. The Balaban J connectivity index is 0.00000180. The lowest BCUT2D eigenvalue weighted by Crippen LogP contribution is -2.31. The van der Waals surface area contributed by atoms with Crippen LogP contribution >= 0.6 is 11.6 Å². The number of aromatic nitrogens is 1. The summed E-state index contributed by atoms with van der Waals surface area (Å²) in [5.41, 5.74) is 5.17. The summed E-state index contributed by atoms with van der Waals surface area (Å²) in [7, 11) is -3.62. The van der Waals surface area contributed by atoms with Gasteiger partial charge in [0.05, 0.1) is 5.92 Å². The molecule has 2 heterocycles. The van der Waals surface area contributed by atoms with Crippen LogP contribution in [-0.2, 0) is 14.8 Å². The van der Waals surface area contributed by atoms with Gasteiger partial charge in [0.15, 0.2) is 0 Å². The number of sulfonamides is 1. The fourth-order valence-electron chi connectivity index (χ4n) is 1.84. The zero-order valence-corrected chi connectivity index (χ0v) is 11.0. The summed E-state index contributed by atoms with van der Waals surface area (Å²) < 4.78 is 25.7. The minimum absolute atomic E-state index is 0. The van der Waals surface area contributed by atoms with E-state index in [0.29, 0.717) is 13.0 Å². The predicted molar refractivity (Wildman–Crippen MR) is 72.0 cm³/mol. The maximum Gasteiger partial charge on any atom is 0.244 e. The zero-order valence-electron chi connectivity index (χ0n) is 9.41. The second-order valence-corrected chi connectivity index (χ2v) is 6.39. The van der Waals surface area contributed by atoms with Gasteiger partial charge in [-0.2, -0.15) is 4.31 Å². The Kier molecular flexibility index (Phi) is 4.89. The number of nitrogens with zero attached hydrogens (tertiary/aromatic N) is 2. The molecule has 0 unspecified atom stereocenters. The van der Waals surface area contributed by atoms with Crippen molar-refractivity contribution in [3.8, 4) is 0 Å². The van der Waals surface area contributed by atoms with Gasteiger partial charge >= 0.3 is 0 Å². The van der Waals surface area contributed by atoms with Crippen LogP contribution in [0.3, 0.4) is 0 Å². The molecule has 6 nitrogen and oxygen atoms in total. The molecule has 1 aromatic rings. The molecule has 1 aliphatic rings. The highest BCUT2D eigenvalue weighted by Gasteiger charge is 2.34. The summed E-state index contributed by atoms with van der Waals surface area (Å²) >= 11 is 5.61. The van der Waals surface area contributed by atoms with Gasteiger partial charge in [0.25, 0.3) is 0 Å². The molecule has 1 amide bonds. The number of rotatable bonds is 3. The Labute approximate surface area is 117 Å². The third-order valence-corrected chi connectivity index (χ3v) is 4.96. The molecule has 0 aromatic carbocycles. The van der Waals surface area contributed by atoms with Gasteiger partial charge in [-0.1, -0.05) is 19.0 Å². The van der Waals surface area contributed by atoms with E-state index in [4.69, 9.17) is 17.3 Å². The van der Waals surface area contributed by atoms with Gasteiger partial charge in [-0.05, 0) is 18.6 Å². The van der Waals surface area contributed by atoms with E-state index in [9.17, 15) is 13.2 Å². The Morgan fingerprint density at radius 1 is 1.47 bits per heavy atom. The average molecular weight is 306 g/mol. The second-order valence-electron chi connectivity index (χ2n) is 4.07. The van der Waals surface area contributed by atoms with Crippen LogP contribution in [0.25, 0.3) is 0 Å². The van der Waals surface area contributed by atoms with Crippen molar-refractivity contribution >= 4 is 27.5 Å². The molecule has 0 saturated carbocycles. The van der Waals surface area contributed by atoms with E-state index in [1.807, 2.05) is 0 Å². The minimum atomic E-state index is -3.62. The summed E-state index contributed by atoms with van der Waals surface area (Å²) in [6, 6.07) is 2.80. The number of amides is 1. The first-order chi connectivity index (χ1) is 8.41. The van der Waals surface area contributed by atoms with Crippen molar-refractivity contribution in [2.45, 2.75) is 18.7 Å². The van der Waals surface area contributed by atoms with Gasteiger partial charge in [0.2, 0.25) is 15.9 Å². The number of hydrogen-bond acceptors (Lipinski definition) is 4. The Morgan fingerprint density at radius 2 is 2.16 bits per heavy atom. The van der Waals surface area contributed by atoms with Crippen LogP contribution in [0.4, 0.5) is 0 Å². The van der Waals surface area contributed by atoms with Crippen molar-refractivity contribution < 1.29 is 13.2 Å². The predicted octanol–water partition coefficient (Wildman–Crippen LogP) is 0.867. The van der Waals surface area contributed by atoms with Gasteiger partial charge in [-0.15, -0.1) is 0 Å². The molecular weight excluding hydrogens is 290 g/mol. The molecule has 0 bridgehead atoms. The van der Waals surface area contributed by atoms with Gasteiger partial charge in [-0.25, -0.2) is 13.4 Å². The normalized spacial score (nSPS) is 19.9. The monoisotopic (exact) mass is 305 g/mol. The molecule has 1 atom stereocenters. The molecule has 0 aliphatic carbocycles. The number of carbonyl (C=O) groups is 1. The van der Waals surface area contributed by atoms with E-state index >= 15 is 0 Å². The molecule has 1 saturated heterocycles. The number of hydrogen-bond donors (Lipinski definition) is 1. The third kappa shape index (κ3) is 3.23. The molecule has 19 heavy (non-hydrogen) atoms. The van der Waals surface area contributed by atoms with E-state index < -0.39 is 21.8 Å². The molecular formula is C11H16ClN3O3S. The smallest absolute Gasteiger partial charge is 0.244 e. The highest BCUT2D eigenvalue weighted by atomic mass is 35.5. The summed E-state index contributed by atoms with van der Waals surface area (Å²) in [4.78, 5) is 14.8. The lowest BCUT2D eigenvalue weighted by atomic mass is 10.1. The van der Waals surface area contributed by atoms with E-state index in [1.54, 1.807) is 0 Å². The largest absolute Gasteiger partial charge is 0.369 e. The highest BCUT2D eigenvalue weighted by Crippen LogP contribution is 2.24. The van der Waals surface area contributed by atoms with Gasteiger partial charge < -0.3 is 5.73 Å². The van der Waals surface area contributed by atoms with Crippen molar-refractivity contribution in [1.29, 1.82) is 0 Å². The molecule has 0 radical (unpaired) electrons. The molecule has 8 heteroatoms. The van der Waals surface area contributed by atoms with Crippen molar-refractivity contribution in [2.75, 3.05) is 13.1 Å². The number of pyridine rings is 1. The van der Waals surface area contributed by atoms with Crippen LogP contribution in [0.15, 0.2) is 23.2 Å². The number of nitrogens with two attached hydrogens (primary N) is 1. The molecule has 1 aromatic heterocycles. The first kappa shape index (κ1) is 15.9. The minimum Gasteiger partial charge on any atom is -0.369 e. The zero-order chi connectivity index (χ0) is 13.3. The number of primary amides is 1. The maximum atomic E-state index is 12.2. The topological polar surface area (TPSA) is 93.4 Å². The van der Waals surface area contributed by atoms with Crippen LogP contribution in [0.5, 0.6) is 0 Å². The van der Waals surface area contributed by atoms with Gasteiger partial charge in [-0.3, -0.25) is 4.79 Å². The molecule has 106 valence electrons. The van der Waals surface area contributed by atoms with Crippen LogP contribution in [0, 0.1) is 5.92 Å². The number of carbonyl (C=O) groups excluding carboxylic acids is 1. The summed E-state index contributed by atoms with van der Waals surface area (Å²) in [6.45, 7) is 0.416. The lowest BCUT2D eigenvalue weighted by Gasteiger charge is -2.15. The highest BCUT2D eigenvalue weighted by molar-refractivity contribution is 7.89. The maximum absolute atomic E-state index is 12.2. The summed E-state index contributed by atoms with van der Waals surface area (Å²) in [5, 5.41) is 0.227. The average Bonchev–Trinajstić information content (AvgIpc) is 2.79. The third-order valence-electron chi connectivity index (χ3n) is 2.89. The van der Waals surface area contributed by atoms with Crippen LogP contribution in [-0.4, -0.2) is 36.7 Å². The van der Waals surface area contributed by atoms with Gasteiger partial charge in [0.1, 0.15) is 10.0 Å². The Hall–Kier alpha value is -1.18. The molecule has 1 fully saturated rings. The summed E-state index contributed by atoms with van der Waals surface area (Å²) in [5.74, 6) is -0.887. The first-order valence-corrected chi connectivity index (χ1v) is 7.14. The number of halogens is 1. The van der Waals surface area contributed by atoms with Crippen molar-refractivity contribution in [2.24, 2.45) is 11.7 Å². The fraction of sp³-hybridized carbons (Fsp3) is 0.455. The Morgan fingerprint density at radius 3 is 2.63 bits per heavy atom. The van der Waals surface area contributed by atoms with Crippen molar-refractivity contribution in [1.82, 2.24) is 9.29 Å². The molecule has 0 spiro atoms. The summed E-state index contributed by atoms with van der Waals surface area (Å²) in [6.07, 6.45) is 1.66. The van der Waals surface area contributed by atoms with Gasteiger partial charge in [0, 0.05) is 19.3 Å². The van der Waals surface area contributed by atoms with Crippen molar-refractivity contribution in [3.05, 3.63) is 23.5 Å². The van der Waals surface area contributed by atoms with E-state index in [0.717, 1.165) is 0 Å². The molecule has 2 N–H and O–H groups in total. The van der Waals surface area contributed by atoms with Crippen LogP contribution in [0.1, 0.15) is 13.8 Å². The standard InChI is InChI=1S/C10H12ClN3O3S.CH4/c11-9-2-1-8(5-13-9)18(16,17)14-4-3-7(6-14)10(12)15;/h1-2,5,7H,3-4,6H2,(H2,12,15);1H4/t7-;/m0./s1. The van der Waals surface area contributed by atoms with E-state index in [-0.39, 0.29) is 24.0 Å². The molecule has 1 aliphatic heterocycles. The van der Waals surface area contributed by atoms with E-state index in [1.165, 1.54) is 22.6 Å². The van der Waals surface area contributed by atoms with Crippen molar-refractivity contribution in [3.63, 3.8) is 0 Å². The molecule has 2 rings (SSSR count). The lowest BCUT2D eigenvalue weighted by molar-refractivity contribution is -0.121. The quantitative estimate of drug-likeness (QED) is 0.838. The van der Waals surface area contributed by atoms with Crippen LogP contribution < -0.4 is 5.73 Å². The fourth-order valence-corrected chi connectivity index (χ4v) is 3.40. The SMILES string of the molecule is C.NC(=O)[C@H]1CCN(S(=O)(=O)c2ccc(Cl)nc2)C1. The van der Waals surface area contributed by atoms with E-state index in [2.05, 4.69) is 4.98 Å².